The number of methoxy groups -OCH3 is 1. The van der Waals surface area contributed by atoms with E-state index in [2.05, 4.69) is 12.2 Å². The Bertz CT molecular complexity index is 347. The summed E-state index contributed by atoms with van der Waals surface area (Å²) in [4.78, 5) is 11.4. The lowest BCUT2D eigenvalue weighted by Gasteiger charge is -2.19. The van der Waals surface area contributed by atoms with Crippen molar-refractivity contribution in [2.24, 2.45) is 0 Å². The van der Waals surface area contributed by atoms with Crippen LogP contribution in [-0.4, -0.2) is 48.6 Å². The topological polar surface area (TPSA) is 78.8 Å². The van der Waals surface area contributed by atoms with Crippen LogP contribution in [0, 0.1) is 0 Å². The molecule has 5 heteroatoms. The molecule has 154 valence electrons. The first-order valence-electron chi connectivity index (χ1n) is 10.4. The summed E-state index contributed by atoms with van der Waals surface area (Å²) in [6.07, 6.45) is 18.1. The molecule has 0 aromatic heterocycles. The van der Waals surface area contributed by atoms with Crippen LogP contribution < -0.4 is 5.32 Å². The molecule has 5 nitrogen and oxygen atoms in total. The van der Waals surface area contributed by atoms with E-state index in [9.17, 15) is 15.0 Å². The predicted molar refractivity (Wildman–Crippen MR) is 107 cm³/mol. The molecule has 0 bridgehead atoms. The van der Waals surface area contributed by atoms with Crippen LogP contribution in [0.4, 0.5) is 0 Å². The van der Waals surface area contributed by atoms with Gasteiger partial charge in [0.25, 0.3) is 0 Å². The fourth-order valence-electron chi connectivity index (χ4n) is 2.91. The van der Waals surface area contributed by atoms with Crippen LogP contribution in [0.3, 0.4) is 0 Å². The third-order valence-corrected chi connectivity index (χ3v) is 4.54. The van der Waals surface area contributed by atoms with Gasteiger partial charge in [0.15, 0.2) is 0 Å². The number of amides is 1. The van der Waals surface area contributed by atoms with Gasteiger partial charge in [-0.05, 0) is 12.8 Å². The van der Waals surface area contributed by atoms with Crippen molar-refractivity contribution < 1.29 is 19.7 Å². The van der Waals surface area contributed by atoms with Crippen molar-refractivity contribution in [3.8, 4) is 0 Å². The first-order chi connectivity index (χ1) is 12.7. The number of carbonyl (C=O) groups excluding carboxylic acids is 1. The van der Waals surface area contributed by atoms with Crippen molar-refractivity contribution in [1.82, 2.24) is 5.32 Å². The number of aliphatic hydroxyl groups excluding tert-OH is 2. The smallest absolute Gasteiger partial charge is 0.246 e. The molecule has 2 atom stereocenters. The minimum atomic E-state index is -0.881. The Kier molecular flexibility index (Phi) is 18.2. The second kappa shape index (κ2) is 18.9. The average molecular weight is 372 g/mol. The minimum Gasteiger partial charge on any atom is -0.394 e. The van der Waals surface area contributed by atoms with E-state index in [4.69, 9.17) is 4.74 Å². The average Bonchev–Trinajstić information content (AvgIpc) is 2.63. The Hall–Kier alpha value is -0.910. The molecule has 0 saturated carbocycles. The Morgan fingerprint density at radius 2 is 1.54 bits per heavy atom. The molecule has 0 fully saturated rings. The highest BCUT2D eigenvalue weighted by atomic mass is 16.5. The summed E-state index contributed by atoms with van der Waals surface area (Å²) in [6.45, 7) is 1.87. The van der Waals surface area contributed by atoms with E-state index in [-0.39, 0.29) is 19.1 Å². The lowest BCUT2D eigenvalue weighted by molar-refractivity contribution is -0.126. The van der Waals surface area contributed by atoms with Gasteiger partial charge in [-0.15, -0.1) is 0 Å². The zero-order chi connectivity index (χ0) is 19.5. The van der Waals surface area contributed by atoms with Crippen LogP contribution in [0.15, 0.2) is 12.2 Å². The summed E-state index contributed by atoms with van der Waals surface area (Å²) in [5.74, 6) is -0.343. The van der Waals surface area contributed by atoms with Crippen molar-refractivity contribution in [3.63, 3.8) is 0 Å². The second-order valence-electron chi connectivity index (χ2n) is 7.03. The second-order valence-corrected chi connectivity index (χ2v) is 7.03. The first kappa shape index (κ1) is 25.1. The fourth-order valence-corrected chi connectivity index (χ4v) is 2.91. The number of aliphatic hydroxyl groups is 2. The Balaban J connectivity index is 3.59. The summed E-state index contributed by atoms with van der Waals surface area (Å²) in [5, 5.41) is 21.8. The van der Waals surface area contributed by atoms with Gasteiger partial charge in [0.1, 0.15) is 6.61 Å². The maximum atomic E-state index is 11.4. The molecule has 0 heterocycles. The molecule has 0 unspecified atom stereocenters. The van der Waals surface area contributed by atoms with Gasteiger partial charge in [-0.1, -0.05) is 83.3 Å². The molecule has 0 saturated heterocycles. The third-order valence-electron chi connectivity index (χ3n) is 4.54. The predicted octanol–water partition coefficient (Wildman–Crippen LogP) is 3.73. The van der Waals surface area contributed by atoms with E-state index in [1.165, 1.54) is 71.3 Å². The number of carbonyl (C=O) groups is 1. The molecule has 0 radical (unpaired) electrons. The van der Waals surface area contributed by atoms with Crippen molar-refractivity contribution in [3.05, 3.63) is 12.2 Å². The molecule has 0 aliphatic rings. The number of ether oxygens (including phenoxy) is 1. The van der Waals surface area contributed by atoms with Crippen LogP contribution in [-0.2, 0) is 9.53 Å². The van der Waals surface area contributed by atoms with Crippen molar-refractivity contribution >= 4 is 5.91 Å². The van der Waals surface area contributed by atoms with Crippen LogP contribution >= 0.6 is 0 Å². The van der Waals surface area contributed by atoms with Gasteiger partial charge >= 0.3 is 0 Å². The summed E-state index contributed by atoms with van der Waals surface area (Å²) in [5.41, 5.74) is 0. The van der Waals surface area contributed by atoms with Crippen LogP contribution in [0.25, 0.3) is 0 Å². The van der Waals surface area contributed by atoms with Gasteiger partial charge in [0.05, 0.1) is 18.8 Å². The van der Waals surface area contributed by atoms with E-state index in [0.717, 1.165) is 12.8 Å². The van der Waals surface area contributed by atoms with Crippen molar-refractivity contribution in [2.75, 3.05) is 20.3 Å². The Labute approximate surface area is 160 Å². The third kappa shape index (κ3) is 15.4. The monoisotopic (exact) mass is 371 g/mol. The number of hydrogen-bond acceptors (Lipinski definition) is 4. The number of unbranched alkanes of at least 4 members (excludes halogenated alkanes) is 11. The largest absolute Gasteiger partial charge is 0.394 e. The van der Waals surface area contributed by atoms with E-state index >= 15 is 0 Å². The number of rotatable bonds is 18. The number of nitrogens with one attached hydrogen (secondary N) is 1. The minimum absolute atomic E-state index is 0.0777. The van der Waals surface area contributed by atoms with Gasteiger partial charge < -0.3 is 20.3 Å². The van der Waals surface area contributed by atoms with Crippen LogP contribution in [0.5, 0.6) is 0 Å². The highest BCUT2D eigenvalue weighted by Crippen LogP contribution is 2.12. The highest BCUT2D eigenvalue weighted by Gasteiger charge is 2.17. The van der Waals surface area contributed by atoms with Gasteiger partial charge in [0, 0.05) is 7.11 Å². The molecule has 1 amide bonds. The number of allylic oxidation sites excluding steroid dienone is 1. The molecule has 0 aromatic carbocycles. The number of hydrogen-bond donors (Lipinski definition) is 3. The summed E-state index contributed by atoms with van der Waals surface area (Å²) in [6, 6.07) is -0.689. The maximum absolute atomic E-state index is 11.4. The van der Waals surface area contributed by atoms with E-state index in [0.29, 0.717) is 0 Å². The Morgan fingerprint density at radius 3 is 2.04 bits per heavy atom. The van der Waals surface area contributed by atoms with Crippen LogP contribution in [0.2, 0.25) is 0 Å². The van der Waals surface area contributed by atoms with Crippen molar-refractivity contribution in [2.45, 2.75) is 96.1 Å². The molecule has 0 aliphatic carbocycles. The summed E-state index contributed by atoms with van der Waals surface area (Å²) < 4.78 is 4.72. The zero-order valence-electron chi connectivity index (χ0n) is 16.9. The SMILES string of the molecule is CCCCCCCCCCCCC/C=C/[C@@H](O)[C@H](CO)NC(=O)COC. The van der Waals surface area contributed by atoms with E-state index in [1.807, 2.05) is 6.08 Å². The van der Waals surface area contributed by atoms with Gasteiger partial charge in [0.2, 0.25) is 5.91 Å². The van der Waals surface area contributed by atoms with E-state index in [1.54, 1.807) is 6.08 Å². The van der Waals surface area contributed by atoms with Crippen molar-refractivity contribution in [1.29, 1.82) is 0 Å². The molecular weight excluding hydrogens is 330 g/mol. The lowest BCUT2D eigenvalue weighted by atomic mass is 10.0. The Morgan fingerprint density at radius 1 is 1.00 bits per heavy atom. The summed E-state index contributed by atoms with van der Waals surface area (Å²) >= 11 is 0. The molecule has 26 heavy (non-hydrogen) atoms. The molecular formula is C21H41NO4. The fraction of sp³-hybridized carbons (Fsp3) is 0.857. The summed E-state index contributed by atoms with van der Waals surface area (Å²) in [7, 11) is 1.43. The van der Waals surface area contributed by atoms with Gasteiger partial charge in [-0.2, -0.15) is 0 Å². The molecule has 0 rings (SSSR count). The van der Waals surface area contributed by atoms with E-state index < -0.39 is 12.1 Å². The molecule has 3 N–H and O–H groups in total. The molecule has 0 aromatic rings. The standard InChI is InChI=1S/C21H41NO4/c1-3-4-5-6-7-8-9-10-11-12-13-14-15-16-20(24)19(17-23)22-21(25)18-26-2/h15-16,19-20,23-24H,3-14,17-18H2,1-2H3,(H,22,25)/b16-15+/t19-,20+/m0/s1. The lowest BCUT2D eigenvalue weighted by Crippen LogP contribution is -2.46. The maximum Gasteiger partial charge on any atom is 0.246 e. The quantitative estimate of drug-likeness (QED) is 0.253. The van der Waals surface area contributed by atoms with Gasteiger partial charge in [-0.3, -0.25) is 4.79 Å². The molecule has 0 spiro atoms. The van der Waals surface area contributed by atoms with Crippen LogP contribution in [0.1, 0.15) is 84.0 Å². The zero-order valence-corrected chi connectivity index (χ0v) is 16.9. The van der Waals surface area contributed by atoms with Gasteiger partial charge in [-0.25, -0.2) is 0 Å². The first-order valence-corrected chi connectivity index (χ1v) is 10.4. The highest BCUT2D eigenvalue weighted by molar-refractivity contribution is 5.77. The molecule has 0 aliphatic heterocycles. The normalized spacial score (nSPS) is 13.8.